The summed E-state index contributed by atoms with van der Waals surface area (Å²) in [5, 5.41) is 0. The summed E-state index contributed by atoms with van der Waals surface area (Å²) in [7, 11) is 1.38. The molecule has 0 radical (unpaired) electrons. The summed E-state index contributed by atoms with van der Waals surface area (Å²) < 4.78 is 16.6. The fourth-order valence-electron chi connectivity index (χ4n) is 3.92. The Morgan fingerprint density at radius 1 is 1.36 bits per heavy atom. The maximum atomic E-state index is 11.4. The standard InChI is InChI=1S/C21H30O4/c1-7-9-19(4)15-21(24-11-12-25-21)14-17(3)20(19,5)10-8-16(2)13-18(22)23-6/h7-8,10,13-14H,1,9,11-12,15H2,2-6H3/b10-8+,16-13-. The molecular weight excluding hydrogens is 316 g/mol. The smallest absolute Gasteiger partial charge is 0.330 e. The Labute approximate surface area is 151 Å². The summed E-state index contributed by atoms with van der Waals surface area (Å²) in [4.78, 5) is 11.4. The fourth-order valence-corrected chi connectivity index (χ4v) is 3.92. The highest BCUT2D eigenvalue weighted by molar-refractivity contribution is 5.83. The highest BCUT2D eigenvalue weighted by Crippen LogP contribution is 2.58. The van der Waals surface area contributed by atoms with Crippen LogP contribution in [0.25, 0.3) is 0 Å². The lowest BCUT2D eigenvalue weighted by Crippen LogP contribution is -2.48. The summed E-state index contributed by atoms with van der Waals surface area (Å²) in [6.07, 6.45) is 11.4. The van der Waals surface area contributed by atoms with Crippen molar-refractivity contribution in [3.63, 3.8) is 0 Å². The van der Waals surface area contributed by atoms with Gasteiger partial charge in [0.2, 0.25) is 0 Å². The molecule has 1 spiro atoms. The summed E-state index contributed by atoms with van der Waals surface area (Å²) in [5.41, 5.74) is 1.75. The van der Waals surface area contributed by atoms with E-state index in [2.05, 4.69) is 39.5 Å². The second-order valence-electron chi connectivity index (χ2n) is 7.51. The summed E-state index contributed by atoms with van der Waals surface area (Å²) in [6, 6.07) is 0. The molecule has 1 fully saturated rings. The minimum Gasteiger partial charge on any atom is -0.466 e. The Kier molecular flexibility index (Phi) is 5.75. The van der Waals surface area contributed by atoms with Crippen LogP contribution >= 0.6 is 0 Å². The Morgan fingerprint density at radius 2 is 2.00 bits per heavy atom. The predicted octanol–water partition coefficient (Wildman–Crippen LogP) is 4.34. The molecule has 138 valence electrons. The fraction of sp³-hybridized carbons (Fsp3) is 0.571. The molecule has 0 N–H and O–H groups in total. The number of carbonyl (C=O) groups excluding carboxylic acids is 1. The first-order valence-electron chi connectivity index (χ1n) is 8.74. The molecular formula is C21H30O4. The van der Waals surface area contributed by atoms with Gasteiger partial charge in [-0.2, -0.15) is 0 Å². The molecule has 1 aliphatic heterocycles. The van der Waals surface area contributed by atoms with Gasteiger partial charge in [-0.3, -0.25) is 0 Å². The van der Waals surface area contributed by atoms with E-state index in [1.54, 1.807) is 0 Å². The number of carbonyl (C=O) groups is 1. The van der Waals surface area contributed by atoms with Crippen molar-refractivity contribution in [1.29, 1.82) is 0 Å². The highest BCUT2D eigenvalue weighted by atomic mass is 16.7. The van der Waals surface area contributed by atoms with Gasteiger partial charge < -0.3 is 14.2 Å². The van der Waals surface area contributed by atoms with Gasteiger partial charge in [0.05, 0.1) is 20.3 Å². The quantitative estimate of drug-likeness (QED) is 0.321. The van der Waals surface area contributed by atoms with E-state index >= 15 is 0 Å². The second-order valence-corrected chi connectivity index (χ2v) is 7.51. The zero-order chi connectivity index (χ0) is 18.7. The number of hydrogen-bond donors (Lipinski definition) is 0. The summed E-state index contributed by atoms with van der Waals surface area (Å²) in [5.74, 6) is -0.963. The van der Waals surface area contributed by atoms with Crippen molar-refractivity contribution in [1.82, 2.24) is 0 Å². The van der Waals surface area contributed by atoms with Crippen LogP contribution in [0.2, 0.25) is 0 Å². The van der Waals surface area contributed by atoms with Crippen LogP contribution < -0.4 is 0 Å². The Bertz CT molecular complexity index is 622. The van der Waals surface area contributed by atoms with Crippen LogP contribution in [-0.2, 0) is 19.0 Å². The Hall–Kier alpha value is -1.65. The van der Waals surface area contributed by atoms with E-state index in [1.165, 1.54) is 18.8 Å². The number of esters is 1. The topological polar surface area (TPSA) is 44.8 Å². The normalized spacial score (nSPS) is 32.0. The number of methoxy groups -OCH3 is 1. The van der Waals surface area contributed by atoms with E-state index in [-0.39, 0.29) is 16.8 Å². The lowest BCUT2D eigenvalue weighted by Gasteiger charge is -2.52. The molecule has 2 unspecified atom stereocenters. The molecule has 0 aromatic heterocycles. The molecule has 1 saturated heterocycles. The zero-order valence-corrected chi connectivity index (χ0v) is 16.1. The van der Waals surface area contributed by atoms with E-state index in [1.807, 2.05) is 19.1 Å². The van der Waals surface area contributed by atoms with E-state index in [0.29, 0.717) is 13.2 Å². The molecule has 0 aromatic carbocycles. The molecule has 2 atom stereocenters. The molecule has 1 aliphatic carbocycles. The van der Waals surface area contributed by atoms with Gasteiger partial charge in [-0.25, -0.2) is 4.79 Å². The average molecular weight is 346 g/mol. The number of rotatable bonds is 5. The van der Waals surface area contributed by atoms with Crippen LogP contribution in [0.3, 0.4) is 0 Å². The SMILES string of the molecule is C=CCC1(C)CC2(C=C(C)C1(C)/C=C/C(C)=C\C(=O)OC)OCCO2. The third kappa shape index (κ3) is 3.80. The number of allylic oxidation sites excluding steroid dienone is 5. The van der Waals surface area contributed by atoms with Crippen LogP contribution in [0.1, 0.15) is 40.5 Å². The molecule has 2 aliphatic rings. The van der Waals surface area contributed by atoms with Gasteiger partial charge in [-0.05, 0) is 37.3 Å². The van der Waals surface area contributed by atoms with E-state index < -0.39 is 5.79 Å². The Balaban J connectivity index is 2.42. The Morgan fingerprint density at radius 3 is 2.56 bits per heavy atom. The third-order valence-electron chi connectivity index (χ3n) is 5.74. The van der Waals surface area contributed by atoms with Gasteiger partial charge >= 0.3 is 5.97 Å². The molecule has 2 rings (SSSR count). The predicted molar refractivity (Wildman–Crippen MR) is 99.0 cm³/mol. The van der Waals surface area contributed by atoms with Crippen molar-refractivity contribution < 1.29 is 19.0 Å². The summed E-state index contributed by atoms with van der Waals surface area (Å²) >= 11 is 0. The second kappa shape index (κ2) is 7.30. The first-order chi connectivity index (χ1) is 11.7. The van der Waals surface area contributed by atoms with Crippen molar-refractivity contribution in [2.75, 3.05) is 20.3 Å². The molecule has 0 aromatic rings. The van der Waals surface area contributed by atoms with Crippen molar-refractivity contribution in [2.24, 2.45) is 10.8 Å². The van der Waals surface area contributed by atoms with Crippen LogP contribution in [0, 0.1) is 10.8 Å². The van der Waals surface area contributed by atoms with Crippen molar-refractivity contribution in [3.05, 3.63) is 48.1 Å². The molecule has 4 nitrogen and oxygen atoms in total. The van der Waals surface area contributed by atoms with Crippen LogP contribution in [0.4, 0.5) is 0 Å². The maximum Gasteiger partial charge on any atom is 0.330 e. The molecule has 4 heteroatoms. The molecule has 0 amide bonds. The first-order valence-corrected chi connectivity index (χ1v) is 8.74. The first kappa shape index (κ1) is 19.7. The third-order valence-corrected chi connectivity index (χ3v) is 5.74. The van der Waals surface area contributed by atoms with Gasteiger partial charge in [0.15, 0.2) is 5.79 Å². The van der Waals surface area contributed by atoms with E-state index in [0.717, 1.165) is 18.4 Å². The van der Waals surface area contributed by atoms with Crippen LogP contribution in [-0.4, -0.2) is 32.1 Å². The molecule has 1 heterocycles. The minimum absolute atomic E-state index is 0.111. The lowest BCUT2D eigenvalue weighted by molar-refractivity contribution is -0.160. The van der Waals surface area contributed by atoms with Crippen LogP contribution in [0.5, 0.6) is 0 Å². The maximum absolute atomic E-state index is 11.4. The van der Waals surface area contributed by atoms with Gasteiger partial charge in [0.1, 0.15) is 0 Å². The van der Waals surface area contributed by atoms with Crippen molar-refractivity contribution in [2.45, 2.75) is 46.3 Å². The zero-order valence-electron chi connectivity index (χ0n) is 16.1. The number of hydrogen-bond acceptors (Lipinski definition) is 4. The van der Waals surface area contributed by atoms with E-state index in [4.69, 9.17) is 14.2 Å². The van der Waals surface area contributed by atoms with Gasteiger partial charge in [0.25, 0.3) is 0 Å². The molecule has 0 saturated carbocycles. The average Bonchev–Trinajstić information content (AvgIpc) is 2.98. The largest absolute Gasteiger partial charge is 0.466 e. The monoisotopic (exact) mass is 346 g/mol. The van der Waals surface area contributed by atoms with Gasteiger partial charge in [-0.15, -0.1) is 6.58 Å². The molecule has 0 bridgehead atoms. The highest BCUT2D eigenvalue weighted by Gasteiger charge is 2.54. The van der Waals surface area contributed by atoms with Crippen molar-refractivity contribution in [3.8, 4) is 0 Å². The van der Waals surface area contributed by atoms with Gasteiger partial charge in [-0.1, -0.05) is 37.6 Å². The number of ether oxygens (including phenoxy) is 3. The van der Waals surface area contributed by atoms with Gasteiger partial charge in [0, 0.05) is 17.9 Å². The van der Waals surface area contributed by atoms with Crippen molar-refractivity contribution >= 4 is 5.97 Å². The van der Waals surface area contributed by atoms with E-state index in [9.17, 15) is 4.79 Å². The minimum atomic E-state index is -0.619. The van der Waals surface area contributed by atoms with Crippen LogP contribution in [0.15, 0.2) is 48.1 Å². The lowest BCUT2D eigenvalue weighted by atomic mass is 9.54. The summed E-state index contributed by atoms with van der Waals surface area (Å²) in [6.45, 7) is 13.7. The molecule has 25 heavy (non-hydrogen) atoms.